The fourth-order valence-electron chi connectivity index (χ4n) is 4.05. The van der Waals surface area contributed by atoms with Gasteiger partial charge in [0.1, 0.15) is 0 Å². The largest absolute Gasteiger partial charge is 0.368 e. The Labute approximate surface area is 194 Å². The summed E-state index contributed by atoms with van der Waals surface area (Å²) in [5, 5.41) is 3.21. The Morgan fingerprint density at radius 1 is 1.09 bits per heavy atom. The molecule has 9 nitrogen and oxygen atoms in total. The van der Waals surface area contributed by atoms with E-state index in [1.54, 1.807) is 12.1 Å². The first-order valence-electron chi connectivity index (χ1n) is 11.0. The summed E-state index contributed by atoms with van der Waals surface area (Å²) in [6, 6.07) is 13.2. The minimum Gasteiger partial charge on any atom is -0.368 e. The summed E-state index contributed by atoms with van der Waals surface area (Å²) in [4.78, 5) is 15.5. The average molecular weight is 468 g/mol. The van der Waals surface area contributed by atoms with Crippen LogP contribution in [0.3, 0.4) is 0 Å². The molecule has 0 radical (unpaired) electrons. The van der Waals surface area contributed by atoms with Crippen LogP contribution in [0.25, 0.3) is 0 Å². The highest BCUT2D eigenvalue weighted by Gasteiger charge is 2.26. The SMILES string of the molecule is CCN(CC)S(=O)(=O)c1ccc2c(c1)CCN2Cc1nc(N)nc(Nc2ccccc2C)n1. The Hall–Kier alpha value is -3.24. The summed E-state index contributed by atoms with van der Waals surface area (Å²) in [5.74, 6) is 1.09. The Bertz CT molecular complexity index is 1260. The summed E-state index contributed by atoms with van der Waals surface area (Å²) >= 11 is 0. The smallest absolute Gasteiger partial charge is 0.243 e. The van der Waals surface area contributed by atoms with E-state index in [2.05, 4.69) is 25.2 Å². The number of sulfonamides is 1. The number of rotatable bonds is 8. The van der Waals surface area contributed by atoms with Gasteiger partial charge in [0, 0.05) is 31.0 Å². The Morgan fingerprint density at radius 2 is 1.85 bits per heavy atom. The van der Waals surface area contributed by atoms with E-state index in [1.807, 2.05) is 51.1 Å². The first-order chi connectivity index (χ1) is 15.8. The predicted octanol–water partition coefficient (Wildman–Crippen LogP) is 3.10. The average Bonchev–Trinajstić information content (AvgIpc) is 3.17. The van der Waals surface area contributed by atoms with Crippen molar-refractivity contribution < 1.29 is 8.42 Å². The molecule has 0 unspecified atom stereocenters. The third-order valence-corrected chi connectivity index (χ3v) is 7.85. The molecule has 1 aliphatic rings. The van der Waals surface area contributed by atoms with E-state index in [4.69, 9.17) is 5.73 Å². The number of anilines is 4. The molecule has 2 aromatic carbocycles. The van der Waals surface area contributed by atoms with Gasteiger partial charge in [0.25, 0.3) is 0 Å². The molecule has 0 saturated heterocycles. The maximum Gasteiger partial charge on any atom is 0.243 e. The Morgan fingerprint density at radius 3 is 2.58 bits per heavy atom. The van der Waals surface area contributed by atoms with Gasteiger partial charge in [0.2, 0.25) is 21.9 Å². The third-order valence-electron chi connectivity index (χ3n) is 5.81. The number of nitrogens with zero attached hydrogens (tertiary/aromatic N) is 5. The normalized spacial score (nSPS) is 13.4. The zero-order chi connectivity index (χ0) is 23.6. The van der Waals surface area contributed by atoms with E-state index < -0.39 is 10.0 Å². The second-order valence-electron chi connectivity index (χ2n) is 7.92. The van der Waals surface area contributed by atoms with Crippen LogP contribution in [0.4, 0.5) is 23.3 Å². The van der Waals surface area contributed by atoms with Gasteiger partial charge in [0.15, 0.2) is 5.82 Å². The number of nitrogens with two attached hydrogens (primary N) is 1. The molecule has 0 amide bonds. The van der Waals surface area contributed by atoms with Gasteiger partial charge in [-0.05, 0) is 48.7 Å². The summed E-state index contributed by atoms with van der Waals surface area (Å²) in [6.07, 6.45) is 0.756. The van der Waals surface area contributed by atoms with Gasteiger partial charge < -0.3 is 16.0 Å². The molecule has 10 heteroatoms. The number of aryl methyl sites for hydroxylation is 1. The molecule has 0 fully saturated rings. The maximum absolute atomic E-state index is 12.9. The van der Waals surface area contributed by atoms with Crippen molar-refractivity contribution in [3.63, 3.8) is 0 Å². The molecule has 4 rings (SSSR count). The lowest BCUT2D eigenvalue weighted by atomic mass is 10.2. The first kappa shape index (κ1) is 22.9. The minimum absolute atomic E-state index is 0.149. The molecule has 3 aromatic rings. The van der Waals surface area contributed by atoms with Gasteiger partial charge in [-0.25, -0.2) is 8.42 Å². The molecule has 0 saturated carbocycles. The second kappa shape index (κ2) is 9.32. The van der Waals surface area contributed by atoms with Crippen LogP contribution in [-0.2, 0) is 23.0 Å². The number of benzene rings is 2. The molecule has 0 spiro atoms. The number of nitrogen functional groups attached to an aromatic ring is 1. The number of hydrogen-bond donors (Lipinski definition) is 2. The molecule has 0 atom stereocenters. The molecule has 1 aliphatic heterocycles. The molecule has 1 aromatic heterocycles. The zero-order valence-corrected chi connectivity index (χ0v) is 19.9. The van der Waals surface area contributed by atoms with Crippen LogP contribution in [0.15, 0.2) is 47.4 Å². The highest BCUT2D eigenvalue weighted by molar-refractivity contribution is 7.89. The van der Waals surface area contributed by atoms with E-state index in [1.165, 1.54) is 4.31 Å². The van der Waals surface area contributed by atoms with Crippen LogP contribution < -0.4 is 16.0 Å². The van der Waals surface area contributed by atoms with E-state index in [-0.39, 0.29) is 5.95 Å². The van der Waals surface area contributed by atoms with Gasteiger partial charge >= 0.3 is 0 Å². The van der Waals surface area contributed by atoms with Gasteiger partial charge in [-0.2, -0.15) is 19.3 Å². The summed E-state index contributed by atoms with van der Waals surface area (Å²) < 4.78 is 27.2. The highest BCUT2D eigenvalue weighted by atomic mass is 32.2. The van der Waals surface area contributed by atoms with Crippen LogP contribution in [0.5, 0.6) is 0 Å². The Balaban J connectivity index is 1.55. The summed E-state index contributed by atoms with van der Waals surface area (Å²) in [7, 11) is -3.49. The molecule has 0 bridgehead atoms. The lowest BCUT2D eigenvalue weighted by molar-refractivity contribution is 0.445. The van der Waals surface area contributed by atoms with Crippen molar-refractivity contribution in [2.45, 2.75) is 38.6 Å². The summed E-state index contributed by atoms with van der Waals surface area (Å²) in [6.45, 7) is 7.78. The van der Waals surface area contributed by atoms with Gasteiger partial charge in [-0.1, -0.05) is 32.0 Å². The van der Waals surface area contributed by atoms with Crippen molar-refractivity contribution >= 4 is 33.3 Å². The van der Waals surface area contributed by atoms with Crippen molar-refractivity contribution in [3.05, 3.63) is 59.4 Å². The quantitative estimate of drug-likeness (QED) is 0.519. The number of fused-ring (bicyclic) bond motifs is 1. The lowest BCUT2D eigenvalue weighted by Gasteiger charge is -2.21. The van der Waals surface area contributed by atoms with Crippen molar-refractivity contribution in [1.82, 2.24) is 19.3 Å². The van der Waals surface area contributed by atoms with Crippen LogP contribution in [-0.4, -0.2) is 47.3 Å². The van der Waals surface area contributed by atoms with Crippen LogP contribution in [0.2, 0.25) is 0 Å². The highest BCUT2D eigenvalue weighted by Crippen LogP contribution is 2.32. The predicted molar refractivity (Wildman–Crippen MR) is 130 cm³/mol. The van der Waals surface area contributed by atoms with Crippen LogP contribution in [0.1, 0.15) is 30.8 Å². The monoisotopic (exact) mass is 467 g/mol. The van der Waals surface area contributed by atoms with Crippen molar-refractivity contribution in [3.8, 4) is 0 Å². The first-order valence-corrected chi connectivity index (χ1v) is 12.5. The van der Waals surface area contributed by atoms with E-state index >= 15 is 0 Å². The van der Waals surface area contributed by atoms with Crippen molar-refractivity contribution in [2.24, 2.45) is 0 Å². The second-order valence-corrected chi connectivity index (χ2v) is 9.86. The fraction of sp³-hybridized carbons (Fsp3) is 0.348. The topological polar surface area (TPSA) is 117 Å². The van der Waals surface area contributed by atoms with Gasteiger partial charge in [-0.3, -0.25) is 0 Å². The van der Waals surface area contributed by atoms with E-state index in [9.17, 15) is 8.42 Å². The van der Waals surface area contributed by atoms with E-state index in [0.29, 0.717) is 36.3 Å². The molecular weight excluding hydrogens is 438 g/mol. The number of para-hydroxylation sites is 1. The van der Waals surface area contributed by atoms with E-state index in [0.717, 1.165) is 35.5 Å². The molecule has 174 valence electrons. The zero-order valence-electron chi connectivity index (χ0n) is 19.1. The lowest BCUT2D eigenvalue weighted by Crippen LogP contribution is -2.30. The van der Waals surface area contributed by atoms with Gasteiger partial charge in [0.05, 0.1) is 11.4 Å². The third kappa shape index (κ3) is 4.76. The fourth-order valence-corrected chi connectivity index (χ4v) is 5.56. The molecular formula is C23H29N7O2S. The number of hydrogen-bond acceptors (Lipinski definition) is 8. The summed E-state index contributed by atoms with van der Waals surface area (Å²) in [5.41, 5.74) is 9.92. The number of aromatic nitrogens is 3. The molecule has 2 heterocycles. The van der Waals surface area contributed by atoms with Crippen molar-refractivity contribution in [1.29, 1.82) is 0 Å². The van der Waals surface area contributed by atoms with Crippen LogP contribution >= 0.6 is 0 Å². The Kier molecular flexibility index (Phi) is 6.48. The van der Waals surface area contributed by atoms with Crippen molar-refractivity contribution in [2.75, 3.05) is 35.6 Å². The maximum atomic E-state index is 12.9. The van der Waals surface area contributed by atoms with Crippen LogP contribution in [0, 0.1) is 6.92 Å². The van der Waals surface area contributed by atoms with Gasteiger partial charge in [-0.15, -0.1) is 0 Å². The number of nitrogens with one attached hydrogen (secondary N) is 1. The molecule has 3 N–H and O–H groups in total. The minimum atomic E-state index is -3.49. The molecule has 0 aliphatic carbocycles. The standard InChI is InChI=1S/C23H29N7O2S/c1-4-30(5-2)33(31,32)18-10-11-20-17(14-18)12-13-29(20)15-21-26-22(24)28-23(27-21)25-19-9-7-6-8-16(19)3/h6-11,14H,4-5,12-13,15H2,1-3H3,(H3,24,25,26,27,28). The molecule has 33 heavy (non-hydrogen) atoms.